The Morgan fingerprint density at radius 3 is 2.30 bits per heavy atom. The zero-order valence-corrected chi connectivity index (χ0v) is 24.8. The fourth-order valence-electron chi connectivity index (χ4n) is 6.16. The summed E-state index contributed by atoms with van der Waals surface area (Å²) in [7, 11) is 5.31. The molecule has 1 atom stereocenters. The predicted molar refractivity (Wildman–Crippen MR) is 171 cm³/mol. The van der Waals surface area contributed by atoms with Gasteiger partial charge in [-0.15, -0.1) is 0 Å². The summed E-state index contributed by atoms with van der Waals surface area (Å²) >= 11 is 0. The van der Waals surface area contributed by atoms with Crippen molar-refractivity contribution in [1.29, 1.82) is 0 Å². The minimum Gasteiger partial charge on any atom is -0.493 e. The number of aromatic nitrogens is 1. The third-order valence-electron chi connectivity index (χ3n) is 8.45. The summed E-state index contributed by atoms with van der Waals surface area (Å²) < 4.78 is 13.0. The number of amides is 1. The third-order valence-corrected chi connectivity index (χ3v) is 8.45. The second-order valence-corrected chi connectivity index (χ2v) is 11.0. The van der Waals surface area contributed by atoms with Crippen LogP contribution in [0.5, 0.6) is 11.5 Å². The van der Waals surface area contributed by atoms with Gasteiger partial charge in [0.15, 0.2) is 17.6 Å². The van der Waals surface area contributed by atoms with E-state index in [-0.39, 0.29) is 0 Å². The standard InChI is InChI=1S/C36H37N3O4/c1-38-30-12-8-7-11-29(30)33(34(38)25-9-5-4-6-10-25)35(40)36(41)37-28-15-13-24(14-16-28)17-19-39-20-18-26-21-31(42-2)32(43-3)22-27(26)23-39/h4-16,21-22,35,40H,17-20,23H2,1-3H3,(H,37,41). The van der Waals surface area contributed by atoms with Gasteiger partial charge in [0.1, 0.15) is 0 Å². The highest BCUT2D eigenvalue weighted by Gasteiger charge is 2.27. The maximum Gasteiger partial charge on any atom is 0.257 e. The number of para-hydroxylation sites is 1. The van der Waals surface area contributed by atoms with Gasteiger partial charge in [-0.2, -0.15) is 0 Å². The van der Waals surface area contributed by atoms with Gasteiger partial charge in [-0.1, -0.05) is 60.7 Å². The van der Waals surface area contributed by atoms with Crippen LogP contribution in [0, 0.1) is 0 Å². The topological polar surface area (TPSA) is 76.0 Å². The molecule has 0 spiro atoms. The number of carbonyl (C=O) groups is 1. The first-order valence-electron chi connectivity index (χ1n) is 14.6. The van der Waals surface area contributed by atoms with Crippen LogP contribution in [0.1, 0.15) is 28.4 Å². The van der Waals surface area contributed by atoms with Crippen molar-refractivity contribution in [2.75, 3.05) is 32.6 Å². The number of methoxy groups -OCH3 is 2. The first-order chi connectivity index (χ1) is 21.0. The average molecular weight is 576 g/mol. The first-order valence-corrected chi connectivity index (χ1v) is 14.6. The number of fused-ring (bicyclic) bond motifs is 2. The Kier molecular flexibility index (Phi) is 8.18. The summed E-state index contributed by atoms with van der Waals surface area (Å²) in [4.78, 5) is 15.8. The summed E-state index contributed by atoms with van der Waals surface area (Å²) in [5.41, 5.74) is 7.79. The molecule has 1 aliphatic heterocycles. The molecule has 0 aliphatic carbocycles. The van der Waals surface area contributed by atoms with Crippen LogP contribution in [0.25, 0.3) is 22.2 Å². The Balaban J connectivity index is 1.12. The molecule has 1 amide bonds. The number of nitrogens with zero attached hydrogens (tertiary/aromatic N) is 2. The number of rotatable bonds is 9. The fourth-order valence-corrected chi connectivity index (χ4v) is 6.16. The van der Waals surface area contributed by atoms with E-state index >= 15 is 0 Å². The Labute approximate surface area is 252 Å². The van der Waals surface area contributed by atoms with Crippen LogP contribution >= 0.6 is 0 Å². The first kappa shape index (κ1) is 28.5. The maximum absolute atomic E-state index is 13.4. The minimum atomic E-state index is -1.33. The van der Waals surface area contributed by atoms with E-state index in [1.165, 1.54) is 16.7 Å². The molecule has 7 nitrogen and oxygen atoms in total. The summed E-state index contributed by atoms with van der Waals surface area (Å²) in [5.74, 6) is 1.09. The molecule has 0 saturated carbocycles. The lowest BCUT2D eigenvalue weighted by Crippen LogP contribution is -2.32. The van der Waals surface area contributed by atoms with Gasteiger partial charge in [-0.3, -0.25) is 9.69 Å². The van der Waals surface area contributed by atoms with E-state index in [0.717, 1.165) is 66.1 Å². The van der Waals surface area contributed by atoms with Crippen molar-refractivity contribution >= 4 is 22.5 Å². The smallest absolute Gasteiger partial charge is 0.257 e. The van der Waals surface area contributed by atoms with Gasteiger partial charge in [0.25, 0.3) is 5.91 Å². The number of aliphatic hydroxyl groups is 1. The lowest BCUT2D eigenvalue weighted by Gasteiger charge is -2.29. The largest absolute Gasteiger partial charge is 0.493 e. The number of hydrogen-bond donors (Lipinski definition) is 2. The zero-order chi connectivity index (χ0) is 29.9. The van der Waals surface area contributed by atoms with Crippen LogP contribution in [0.15, 0.2) is 91.0 Å². The number of carbonyl (C=O) groups excluding carboxylic acids is 1. The number of aryl methyl sites for hydroxylation is 1. The minimum absolute atomic E-state index is 0.458. The Morgan fingerprint density at radius 1 is 0.907 bits per heavy atom. The van der Waals surface area contributed by atoms with Crippen LogP contribution in [-0.4, -0.2) is 47.8 Å². The Hall–Kier alpha value is -4.59. The molecule has 0 fully saturated rings. The zero-order valence-electron chi connectivity index (χ0n) is 24.8. The van der Waals surface area contributed by atoms with Crippen LogP contribution in [0.2, 0.25) is 0 Å². The molecule has 0 radical (unpaired) electrons. The summed E-state index contributed by atoms with van der Waals surface area (Å²) in [6.07, 6.45) is 0.545. The molecule has 7 heteroatoms. The quantitative estimate of drug-likeness (QED) is 0.221. The second kappa shape index (κ2) is 12.3. The molecule has 220 valence electrons. The van der Waals surface area contributed by atoms with Gasteiger partial charge in [-0.25, -0.2) is 0 Å². The van der Waals surface area contributed by atoms with E-state index in [2.05, 4.69) is 22.3 Å². The number of benzene rings is 4. The third kappa shape index (κ3) is 5.74. The summed E-state index contributed by atoms with van der Waals surface area (Å²) in [6.45, 7) is 2.80. The number of hydrogen-bond acceptors (Lipinski definition) is 5. The van der Waals surface area contributed by atoms with Crippen molar-refractivity contribution in [1.82, 2.24) is 9.47 Å². The molecule has 6 rings (SSSR count). The van der Waals surface area contributed by atoms with Crippen molar-refractivity contribution in [2.24, 2.45) is 7.05 Å². The van der Waals surface area contributed by atoms with Gasteiger partial charge in [-0.05, 0) is 65.4 Å². The summed E-state index contributed by atoms with van der Waals surface area (Å²) in [5, 5.41) is 15.2. The maximum atomic E-state index is 13.4. The van der Waals surface area contributed by atoms with Crippen molar-refractivity contribution < 1.29 is 19.4 Å². The van der Waals surface area contributed by atoms with E-state index in [1.54, 1.807) is 14.2 Å². The Bertz CT molecular complexity index is 1740. The van der Waals surface area contributed by atoms with Gasteiger partial charge < -0.3 is 24.5 Å². The number of nitrogens with one attached hydrogen (secondary N) is 1. The van der Waals surface area contributed by atoms with E-state index in [1.807, 2.05) is 90.5 Å². The SMILES string of the molecule is COc1cc2c(cc1OC)CN(CCc1ccc(NC(=O)C(O)c3c(-c4ccccc4)n(C)c4ccccc34)cc1)CC2. The second-order valence-electron chi connectivity index (χ2n) is 11.0. The van der Waals surface area contributed by atoms with Gasteiger partial charge in [0.2, 0.25) is 0 Å². The molecule has 5 aromatic rings. The highest BCUT2D eigenvalue weighted by atomic mass is 16.5. The van der Waals surface area contributed by atoms with Crippen LogP contribution in [0.4, 0.5) is 5.69 Å². The lowest BCUT2D eigenvalue weighted by molar-refractivity contribution is -0.124. The molecule has 1 aliphatic rings. The van der Waals surface area contributed by atoms with Gasteiger partial charge >= 0.3 is 0 Å². The van der Waals surface area contributed by atoms with E-state index in [4.69, 9.17) is 9.47 Å². The van der Waals surface area contributed by atoms with Crippen molar-refractivity contribution in [3.63, 3.8) is 0 Å². The van der Waals surface area contributed by atoms with E-state index < -0.39 is 12.0 Å². The molecule has 0 bridgehead atoms. The predicted octanol–water partition coefficient (Wildman–Crippen LogP) is 6.14. The van der Waals surface area contributed by atoms with Crippen molar-refractivity contribution in [3.8, 4) is 22.8 Å². The molecular formula is C36H37N3O4. The number of aliphatic hydroxyl groups excluding tert-OH is 1. The molecule has 1 unspecified atom stereocenters. The molecule has 4 aromatic carbocycles. The molecule has 43 heavy (non-hydrogen) atoms. The van der Waals surface area contributed by atoms with E-state index in [9.17, 15) is 9.90 Å². The molecule has 2 N–H and O–H groups in total. The summed E-state index contributed by atoms with van der Waals surface area (Å²) in [6, 6.07) is 29.8. The van der Waals surface area contributed by atoms with Crippen LogP contribution < -0.4 is 14.8 Å². The highest BCUT2D eigenvalue weighted by molar-refractivity contribution is 6.01. The number of anilines is 1. The normalized spacial score (nSPS) is 13.9. The van der Waals surface area contributed by atoms with E-state index in [0.29, 0.717) is 11.3 Å². The van der Waals surface area contributed by atoms with Crippen LogP contribution in [-0.2, 0) is 31.2 Å². The van der Waals surface area contributed by atoms with Crippen molar-refractivity contribution in [2.45, 2.75) is 25.5 Å². The molecular weight excluding hydrogens is 538 g/mol. The fraction of sp³-hybridized carbons (Fsp3) is 0.250. The van der Waals surface area contributed by atoms with Crippen LogP contribution in [0.3, 0.4) is 0 Å². The van der Waals surface area contributed by atoms with Gasteiger partial charge in [0.05, 0.1) is 19.9 Å². The van der Waals surface area contributed by atoms with Crippen molar-refractivity contribution in [3.05, 3.63) is 113 Å². The molecule has 2 heterocycles. The Morgan fingerprint density at radius 2 is 1.58 bits per heavy atom. The molecule has 1 aromatic heterocycles. The lowest BCUT2D eigenvalue weighted by atomic mass is 9.98. The van der Waals surface area contributed by atoms with Gasteiger partial charge in [0, 0.05) is 48.8 Å². The monoisotopic (exact) mass is 575 g/mol. The molecule has 0 saturated heterocycles. The average Bonchev–Trinajstić information content (AvgIpc) is 3.35. The highest BCUT2D eigenvalue weighted by Crippen LogP contribution is 2.37. The number of ether oxygens (including phenoxy) is 2.